The number of anilines is 1. The van der Waals surface area contributed by atoms with Gasteiger partial charge in [-0.3, -0.25) is 48.1 Å². The molecule has 1 aliphatic rings. The van der Waals surface area contributed by atoms with Crippen molar-refractivity contribution < 1.29 is 75.3 Å². The van der Waals surface area contributed by atoms with Crippen molar-refractivity contribution in [2.75, 3.05) is 86.5 Å². The number of nitrogens with two attached hydrogens (primary N) is 1. The zero-order valence-corrected chi connectivity index (χ0v) is 66.1. The van der Waals surface area contributed by atoms with E-state index in [-0.39, 0.29) is 147 Å². The topological polar surface area (TPSA) is 351 Å². The Hall–Kier alpha value is -7.87. The maximum Gasteiger partial charge on any atom is 0.312 e. The lowest BCUT2D eigenvalue weighted by molar-refractivity contribution is -0.149. The molecular formula is C79H120N10O16S. The lowest BCUT2D eigenvalue weighted by Gasteiger charge is -2.41. The summed E-state index contributed by atoms with van der Waals surface area (Å²) in [6, 6.07) is 13.2. The van der Waals surface area contributed by atoms with Crippen molar-refractivity contribution in [3.63, 3.8) is 0 Å². The fourth-order valence-corrected chi connectivity index (χ4v) is 14.2. The second kappa shape index (κ2) is 46.4. The number of methoxy groups -OCH3 is 2. The summed E-state index contributed by atoms with van der Waals surface area (Å²) in [5, 5.41) is 10.9. The molecule has 1 fully saturated rings. The number of benzene rings is 2. The van der Waals surface area contributed by atoms with Gasteiger partial charge in [0.15, 0.2) is 11.6 Å². The number of primary amides is 1. The van der Waals surface area contributed by atoms with Gasteiger partial charge in [-0.05, 0) is 106 Å². The highest BCUT2D eigenvalue weighted by atomic mass is 32.2. The number of ether oxygens (including phenoxy) is 4. The molecule has 7 amide bonds. The number of rotatable bonds is 49. The highest BCUT2D eigenvalue weighted by Crippen LogP contribution is 2.33. The van der Waals surface area contributed by atoms with E-state index >= 15 is 0 Å². The molecule has 106 heavy (non-hydrogen) atoms. The molecule has 2 heterocycles. The first-order chi connectivity index (χ1) is 50.2. The van der Waals surface area contributed by atoms with Crippen molar-refractivity contribution in [1.29, 1.82) is 0 Å². The molecule has 4 rings (SSSR count). The number of unbranched alkanes of at least 4 members (excludes halogenated alkanes) is 1. The minimum atomic E-state index is -3.51. The van der Waals surface area contributed by atoms with Crippen molar-refractivity contribution in [3.8, 4) is 11.8 Å². The summed E-state index contributed by atoms with van der Waals surface area (Å²) in [7, 11) is 5.08. The van der Waals surface area contributed by atoms with Crippen LogP contribution in [0.3, 0.4) is 0 Å². The molecule has 1 aliphatic heterocycles. The van der Waals surface area contributed by atoms with Gasteiger partial charge in [-0.15, -0.1) is 0 Å². The molecule has 588 valence electrons. The fraction of sp³-hybridized carbons (Fsp3) is 0.646. The lowest BCUT2D eigenvalue weighted by atomic mass is 9.83. The van der Waals surface area contributed by atoms with Crippen molar-refractivity contribution in [2.24, 2.45) is 53.1 Å². The van der Waals surface area contributed by atoms with E-state index in [1.165, 1.54) is 19.5 Å². The van der Waals surface area contributed by atoms with Gasteiger partial charge in [0, 0.05) is 134 Å². The van der Waals surface area contributed by atoms with Crippen molar-refractivity contribution in [2.45, 2.75) is 207 Å². The quantitative estimate of drug-likeness (QED) is 0.0205. The smallest absolute Gasteiger partial charge is 0.312 e. The molecule has 3 aromatic rings. The van der Waals surface area contributed by atoms with Crippen LogP contribution in [-0.4, -0.2) is 209 Å². The number of hydrogen-bond donors (Lipinski definition) is 5. The van der Waals surface area contributed by atoms with Gasteiger partial charge >= 0.3 is 6.03 Å². The Kier molecular flexibility index (Phi) is 39.6. The van der Waals surface area contributed by atoms with Crippen LogP contribution in [0.5, 0.6) is 0 Å². The van der Waals surface area contributed by atoms with Crippen LogP contribution in [0, 0.1) is 59.2 Å². The number of hydrogen-bond acceptors (Lipinski definition) is 19. The van der Waals surface area contributed by atoms with Gasteiger partial charge in [-0.25, -0.2) is 23.2 Å². The molecule has 0 spiro atoms. The zero-order valence-electron chi connectivity index (χ0n) is 65.2. The lowest BCUT2D eigenvalue weighted by Crippen LogP contribution is -2.54. The van der Waals surface area contributed by atoms with E-state index in [2.05, 4.69) is 43.1 Å². The number of nitrogens with one attached hydrogen (secondary N) is 4. The van der Waals surface area contributed by atoms with Crippen LogP contribution in [0.2, 0.25) is 0 Å². The maximum atomic E-state index is 14.7. The second-order valence-corrected chi connectivity index (χ2v) is 31.2. The third-order valence-electron chi connectivity index (χ3n) is 19.7. The van der Waals surface area contributed by atoms with Gasteiger partial charge in [0.2, 0.25) is 44.5 Å². The number of aromatic nitrogens is 2. The number of likely N-dealkylation sites (N-methyl/N-ethyl adjacent to an activating group) is 2. The number of carbonyl (C=O) groups is 10. The van der Waals surface area contributed by atoms with Crippen LogP contribution >= 0.6 is 0 Å². The average molecular weight is 1500 g/mol. The third kappa shape index (κ3) is 30.4. The third-order valence-corrected chi connectivity index (χ3v) is 20.6. The molecule has 2 aromatic carbocycles. The van der Waals surface area contributed by atoms with Crippen LogP contribution < -0.4 is 27.0 Å². The van der Waals surface area contributed by atoms with Crippen LogP contribution in [0.25, 0.3) is 0 Å². The Balaban J connectivity index is 1.33. The van der Waals surface area contributed by atoms with Crippen molar-refractivity contribution in [1.82, 2.24) is 40.6 Å². The predicted octanol–water partition coefficient (Wildman–Crippen LogP) is 7.76. The Labute approximate surface area is 628 Å². The van der Waals surface area contributed by atoms with E-state index in [1.807, 2.05) is 90.9 Å². The summed E-state index contributed by atoms with van der Waals surface area (Å²) in [6.45, 7) is 18.2. The van der Waals surface area contributed by atoms with Crippen LogP contribution in [-0.2, 0) is 84.9 Å². The largest absolute Gasteiger partial charge is 0.379 e. The van der Waals surface area contributed by atoms with Crippen LogP contribution in [0.15, 0.2) is 72.1 Å². The first-order valence-electron chi connectivity index (χ1n) is 37.3. The number of amides is 7. The second-order valence-electron chi connectivity index (χ2n) is 29.3. The first kappa shape index (κ1) is 90.5. The van der Waals surface area contributed by atoms with E-state index in [4.69, 9.17) is 24.7 Å². The monoisotopic (exact) mass is 1500 g/mol. The number of carbonyl (C=O) groups excluding carboxylic acids is 10. The molecule has 0 saturated carbocycles. The van der Waals surface area contributed by atoms with Crippen molar-refractivity contribution >= 4 is 74.2 Å². The SMILES string of the molecule is CC[C@H](C)[C@@H]([C@@H](CC(=O)N1CCC[C@H]1[C@H](OC)[C@@H](C)C(=O)C[C@@H](Cc1ccccc1)C(=O)NCc1ccc(NC(=O)[C@H](CCCNC(N)=O)CC(=O)[C@@H](NC(=O)COCCOCCCC(=O)CCCC#Cc2cnc(S(C)(=O)=O)nc2)C(C)C)cc1)OC)N(C)C(=O)[C@@H](CC(=O)[C@H](C(C)C)N(C)C)C(C)C. The first-order valence-corrected chi connectivity index (χ1v) is 39.2. The van der Waals surface area contributed by atoms with Gasteiger partial charge in [-0.1, -0.05) is 123 Å². The minimum absolute atomic E-state index is 0.00905. The molecule has 1 aromatic heterocycles. The highest BCUT2D eigenvalue weighted by Gasteiger charge is 2.44. The van der Waals surface area contributed by atoms with Crippen molar-refractivity contribution in [3.05, 3.63) is 83.7 Å². The molecule has 27 heteroatoms. The maximum absolute atomic E-state index is 14.7. The molecule has 11 atom stereocenters. The minimum Gasteiger partial charge on any atom is -0.379 e. The van der Waals surface area contributed by atoms with E-state index in [0.29, 0.717) is 87.8 Å². The zero-order chi connectivity index (χ0) is 78.8. The number of Topliss-reactive ketones (excluding diaryl/α,β-unsaturated/α-hetero) is 4. The van der Waals surface area contributed by atoms with Gasteiger partial charge in [0.05, 0.1) is 61.6 Å². The Morgan fingerprint density at radius 3 is 1.96 bits per heavy atom. The summed E-state index contributed by atoms with van der Waals surface area (Å²) in [5.74, 6) is 0.0937. The Morgan fingerprint density at radius 1 is 0.717 bits per heavy atom. The molecule has 26 nitrogen and oxygen atoms in total. The molecule has 0 radical (unpaired) electrons. The summed E-state index contributed by atoms with van der Waals surface area (Å²) in [4.78, 5) is 150. The van der Waals surface area contributed by atoms with Gasteiger partial charge in [0.25, 0.3) is 0 Å². The Bertz CT molecular complexity index is 3480. The summed E-state index contributed by atoms with van der Waals surface area (Å²) in [5.41, 5.74) is 7.73. The van der Waals surface area contributed by atoms with E-state index in [9.17, 15) is 56.4 Å². The normalized spacial score (nSPS) is 16.0. The van der Waals surface area contributed by atoms with E-state index in [0.717, 1.165) is 11.8 Å². The van der Waals surface area contributed by atoms with Gasteiger partial charge < -0.3 is 55.7 Å². The van der Waals surface area contributed by atoms with E-state index < -0.39 is 81.7 Å². The Morgan fingerprint density at radius 2 is 1.37 bits per heavy atom. The van der Waals surface area contributed by atoms with Gasteiger partial charge in [0.1, 0.15) is 18.2 Å². The molecule has 1 saturated heterocycles. The fourth-order valence-electron chi connectivity index (χ4n) is 13.8. The van der Waals surface area contributed by atoms with E-state index in [1.54, 1.807) is 69.0 Å². The molecular weight excluding hydrogens is 1380 g/mol. The average Bonchev–Trinajstić information content (AvgIpc) is 1.56. The summed E-state index contributed by atoms with van der Waals surface area (Å²) >= 11 is 0. The number of sulfone groups is 1. The number of likely N-dealkylation sites (tertiary alicyclic amines) is 1. The molecule has 0 unspecified atom stereocenters. The van der Waals surface area contributed by atoms with Crippen LogP contribution in [0.1, 0.15) is 169 Å². The molecule has 0 aliphatic carbocycles. The summed E-state index contributed by atoms with van der Waals surface area (Å²) < 4.78 is 46.5. The standard InChI is InChI=1S/C79H120N10O16S/c1-16-54(8)73(88(12)77(98)63(51(2)3)45-67(93)72(53(6)7)87(10)11)68(102-13)46-70(95)89-38-24-32-64(89)74(103-14)55(9)65(91)44-60(42-56-26-19-17-20-27-56)75(96)82-47-57-33-35-61(36-34-57)85-76(97)59(29-23-37-81-78(80)99)43-66(92)71(52(4)5)86-69(94)50-105-41-40-104-39-25-31-62(90)30-22-18-21-28-58-48-83-79(84-49-58)106(15,100)101/h17,19-20,26-27,33-36,48-49,51-55,59-60,63-64,68,71-74H,16,18,22-25,29-32,37-47,50H2,1-15H3,(H,82,96)(H,85,97)(H,86,94)(H3,80,81,99)/t54-,55-,59+,60+,63-,64-,68+,71-,72-,73-,74+/m0/s1. The number of nitrogens with zero attached hydrogens (tertiary/aromatic N) is 5. The van der Waals surface area contributed by atoms with Crippen LogP contribution in [0.4, 0.5) is 10.5 Å². The number of urea groups is 1. The molecule has 0 bridgehead atoms. The highest BCUT2D eigenvalue weighted by molar-refractivity contribution is 7.90. The summed E-state index contributed by atoms with van der Waals surface area (Å²) in [6.07, 6.45) is 6.90. The number of ketones is 4. The van der Waals surface area contributed by atoms with Gasteiger partial charge in [-0.2, -0.15) is 0 Å². The predicted molar refractivity (Wildman–Crippen MR) is 405 cm³/mol. The molecule has 6 N–H and O–H groups in total.